The van der Waals surface area contributed by atoms with Gasteiger partial charge in [-0.15, -0.1) is 0 Å². The summed E-state index contributed by atoms with van der Waals surface area (Å²) in [6.07, 6.45) is 0. The van der Waals surface area contributed by atoms with Crippen LogP contribution in [0, 0.1) is 0 Å². The Balaban J connectivity index is -0.0000000800. The molecule has 0 bridgehead atoms. The van der Waals surface area contributed by atoms with Crippen molar-refractivity contribution in [3.63, 3.8) is 0 Å². The third-order valence-corrected chi connectivity index (χ3v) is 0. The molecule has 32 valence electrons. The van der Waals surface area contributed by atoms with E-state index >= 15 is 0 Å². The van der Waals surface area contributed by atoms with Gasteiger partial charge in [0.25, 0.3) is 0 Å². The molecule has 0 amide bonds. The van der Waals surface area contributed by atoms with Crippen LogP contribution in [0.2, 0.25) is 0 Å². The molecular weight excluding hydrogens is 409 g/mol. The molecule has 0 rings (SSSR count). The maximum absolute atomic E-state index is 8.52. The maximum Gasteiger partial charge on any atom is 2.00 e. The predicted molar refractivity (Wildman–Crippen MR) is 10.5 cm³/mol. The van der Waals surface area contributed by atoms with E-state index in [1.807, 2.05) is 0 Å². The Kier molecular flexibility index (Phi) is 13.3. The van der Waals surface area contributed by atoms with Crippen molar-refractivity contribution in [1.82, 2.24) is 0 Å². The van der Waals surface area contributed by atoms with Gasteiger partial charge in [0, 0.05) is 10.4 Å². The van der Waals surface area contributed by atoms with E-state index in [2.05, 4.69) is 0 Å². The first-order valence-electron chi connectivity index (χ1n) is 0.667. The zero-order valence-corrected chi connectivity index (χ0v) is 13.8. The molecule has 0 aromatic heterocycles. The molecule has 0 heterocycles. The van der Waals surface area contributed by atoms with Crippen LogP contribution in [0.15, 0.2) is 0 Å². The Bertz CT molecular complexity index is 94.9. The fourth-order valence-electron chi connectivity index (χ4n) is 0. The molecule has 0 saturated heterocycles. The zero-order chi connectivity index (χ0) is 4.50. The molecule has 0 aliphatic heterocycles. The van der Waals surface area contributed by atoms with E-state index in [0.29, 0.717) is 0 Å². The van der Waals surface area contributed by atoms with E-state index in [9.17, 15) is 0 Å². The normalized spacial score (nSPS) is 8.29. The van der Waals surface area contributed by atoms with Gasteiger partial charge in [-0.05, 0) is 0 Å². The van der Waals surface area contributed by atoms with Crippen molar-refractivity contribution < 1.29 is 72.5 Å². The molecule has 0 aliphatic carbocycles. The molecular formula is CdHgO4S+2. The average molecular weight is 409 g/mol. The maximum atomic E-state index is 8.52. The molecule has 0 N–H and O–H groups in total. The second-order valence-electron chi connectivity index (χ2n) is 0.408. The summed E-state index contributed by atoms with van der Waals surface area (Å²) >= 11 is 0. The van der Waals surface area contributed by atoms with Crippen molar-refractivity contribution in [2.75, 3.05) is 0 Å². The largest absolute Gasteiger partial charge is 2.00 e. The standard InChI is InChI=1S/Cd.Hg.H2O4S/c;;1-5(2,3)4/h;;(H2,1,2,3,4)/q2*+2;/p-2. The molecule has 7 heteroatoms. The summed E-state index contributed by atoms with van der Waals surface area (Å²) in [4.78, 5) is 0. The molecule has 0 saturated carbocycles. The van der Waals surface area contributed by atoms with Gasteiger partial charge in [0.05, 0.1) is 0 Å². The Hall–Kier alpha value is 1.73. The average Bonchev–Trinajstić information content (AvgIpc) is 0.722. The first-order valence-corrected chi connectivity index (χ1v) is 2.00. The fourth-order valence-corrected chi connectivity index (χ4v) is 0. The van der Waals surface area contributed by atoms with Gasteiger partial charge in [-0.2, -0.15) is 0 Å². The summed E-state index contributed by atoms with van der Waals surface area (Å²) in [5.74, 6) is 0. The van der Waals surface area contributed by atoms with Gasteiger partial charge in [-0.25, -0.2) is 0 Å². The van der Waals surface area contributed by atoms with E-state index in [1.165, 1.54) is 0 Å². The quantitative estimate of drug-likeness (QED) is 0.282. The number of hydrogen-bond donors (Lipinski definition) is 0. The van der Waals surface area contributed by atoms with E-state index in [1.54, 1.807) is 0 Å². The van der Waals surface area contributed by atoms with Crippen molar-refractivity contribution in [1.29, 1.82) is 0 Å². The van der Waals surface area contributed by atoms with Gasteiger partial charge in [-0.3, -0.25) is 8.42 Å². The van der Waals surface area contributed by atoms with Crippen LogP contribution in [-0.2, 0) is 65.4 Å². The van der Waals surface area contributed by atoms with Crippen molar-refractivity contribution in [3.05, 3.63) is 0 Å². The van der Waals surface area contributed by atoms with Crippen molar-refractivity contribution in [2.24, 2.45) is 0 Å². The van der Waals surface area contributed by atoms with E-state index in [0.717, 1.165) is 0 Å². The number of rotatable bonds is 0. The summed E-state index contributed by atoms with van der Waals surface area (Å²) in [5, 5.41) is 0. The minimum Gasteiger partial charge on any atom is -0.759 e. The number of hydrogen-bond acceptors (Lipinski definition) is 4. The van der Waals surface area contributed by atoms with E-state index in [-0.39, 0.29) is 55.0 Å². The topological polar surface area (TPSA) is 80.3 Å². The monoisotopic (exact) mass is 412 g/mol. The van der Waals surface area contributed by atoms with Crippen LogP contribution >= 0.6 is 0 Å². The summed E-state index contributed by atoms with van der Waals surface area (Å²) in [6.45, 7) is 0. The summed E-state index contributed by atoms with van der Waals surface area (Å²) in [6, 6.07) is 0. The van der Waals surface area contributed by atoms with Crippen LogP contribution in [0.25, 0.3) is 0 Å². The minimum absolute atomic E-state index is 0. The SMILES string of the molecule is O=S(=O)([O-])[O-].[Cd+2].[Hg+2]. The van der Waals surface area contributed by atoms with Crippen LogP contribution in [0.5, 0.6) is 0 Å². The second-order valence-corrected chi connectivity index (χ2v) is 1.22. The molecule has 0 unspecified atom stereocenters. The summed E-state index contributed by atoms with van der Waals surface area (Å²) in [5.41, 5.74) is 0. The summed E-state index contributed by atoms with van der Waals surface area (Å²) in [7, 11) is -5.17. The van der Waals surface area contributed by atoms with Gasteiger partial charge in [0.2, 0.25) is 0 Å². The molecule has 0 aliphatic rings. The van der Waals surface area contributed by atoms with Gasteiger partial charge in [0.1, 0.15) is 0 Å². The van der Waals surface area contributed by atoms with Gasteiger partial charge >= 0.3 is 55.0 Å². The Morgan fingerprint density at radius 1 is 1.14 bits per heavy atom. The molecule has 0 aromatic carbocycles. The fraction of sp³-hybridized carbons (Fsp3) is 0. The molecule has 0 atom stereocenters. The van der Waals surface area contributed by atoms with Crippen LogP contribution in [0.3, 0.4) is 0 Å². The third-order valence-electron chi connectivity index (χ3n) is 0. The first-order chi connectivity index (χ1) is 2.00. The zero-order valence-electron chi connectivity index (χ0n) is 3.46. The summed E-state index contributed by atoms with van der Waals surface area (Å²) < 4.78 is 34.1. The van der Waals surface area contributed by atoms with Gasteiger partial charge < -0.3 is 9.11 Å². The van der Waals surface area contributed by atoms with Crippen molar-refractivity contribution in [2.45, 2.75) is 0 Å². The predicted octanol–water partition coefficient (Wildman–Crippen LogP) is -1.34. The molecule has 7 heavy (non-hydrogen) atoms. The molecule has 4 nitrogen and oxygen atoms in total. The van der Waals surface area contributed by atoms with Crippen LogP contribution in [0.4, 0.5) is 0 Å². The molecule has 0 aromatic rings. The smallest absolute Gasteiger partial charge is 0.759 e. The minimum atomic E-state index is -5.17. The molecule has 0 fully saturated rings. The Morgan fingerprint density at radius 2 is 1.14 bits per heavy atom. The van der Waals surface area contributed by atoms with Crippen molar-refractivity contribution in [3.8, 4) is 0 Å². The molecule has 0 radical (unpaired) electrons. The Labute approximate surface area is 81.9 Å². The van der Waals surface area contributed by atoms with Crippen LogP contribution in [0.1, 0.15) is 0 Å². The van der Waals surface area contributed by atoms with Gasteiger partial charge in [0.15, 0.2) is 0 Å². The second kappa shape index (κ2) is 5.86. The van der Waals surface area contributed by atoms with Gasteiger partial charge in [-0.1, -0.05) is 0 Å². The van der Waals surface area contributed by atoms with Crippen LogP contribution < -0.4 is 0 Å². The van der Waals surface area contributed by atoms with Crippen molar-refractivity contribution >= 4 is 10.4 Å². The first kappa shape index (κ1) is 15.9. The Morgan fingerprint density at radius 3 is 1.14 bits per heavy atom. The third kappa shape index (κ3) is 85.0. The van der Waals surface area contributed by atoms with E-state index in [4.69, 9.17) is 17.5 Å². The van der Waals surface area contributed by atoms with Crippen LogP contribution in [-0.4, -0.2) is 17.5 Å². The van der Waals surface area contributed by atoms with E-state index < -0.39 is 10.4 Å². The molecule has 0 spiro atoms.